The molecule has 3 aromatic carbocycles. The van der Waals surface area contributed by atoms with Gasteiger partial charge >= 0.3 is 0 Å². The van der Waals surface area contributed by atoms with E-state index in [-0.39, 0.29) is 35.5 Å². The Morgan fingerprint density at radius 2 is 1.59 bits per heavy atom. The first-order valence-corrected chi connectivity index (χ1v) is 15.3. The summed E-state index contributed by atoms with van der Waals surface area (Å²) in [7, 11) is -2.74. The van der Waals surface area contributed by atoms with Crippen LogP contribution in [0, 0.1) is 6.92 Å². The lowest BCUT2D eigenvalue weighted by atomic mass is 10.1. The molecular weight excluding hydrogens is 585 g/mol. The third-order valence-electron chi connectivity index (χ3n) is 6.44. The Morgan fingerprint density at radius 3 is 2.15 bits per heavy atom. The van der Waals surface area contributed by atoms with Crippen molar-refractivity contribution in [1.82, 2.24) is 10.2 Å². The average molecular weight is 621 g/mol. The number of aryl methyl sites for hydroxylation is 1. The highest BCUT2D eigenvalue weighted by molar-refractivity contribution is 7.92. The van der Waals surface area contributed by atoms with Crippen LogP contribution in [0.5, 0.6) is 5.75 Å². The number of anilines is 1. The van der Waals surface area contributed by atoms with Crippen LogP contribution in [-0.4, -0.2) is 50.9 Å². The maximum atomic E-state index is 14.2. The molecule has 0 aliphatic rings. The molecule has 8 nitrogen and oxygen atoms in total. The second-order valence-corrected chi connectivity index (χ2v) is 12.5. The summed E-state index contributed by atoms with van der Waals surface area (Å²) in [6.45, 7) is 6.59. The number of nitrogens with one attached hydrogen (secondary N) is 1. The van der Waals surface area contributed by atoms with Crippen LogP contribution in [0.1, 0.15) is 38.3 Å². The molecule has 0 fully saturated rings. The van der Waals surface area contributed by atoms with Crippen molar-refractivity contribution in [2.75, 3.05) is 18.0 Å². The van der Waals surface area contributed by atoms with Crippen molar-refractivity contribution in [3.63, 3.8) is 0 Å². The van der Waals surface area contributed by atoms with Gasteiger partial charge in [0, 0.05) is 34.3 Å². The van der Waals surface area contributed by atoms with Crippen molar-refractivity contribution in [2.24, 2.45) is 0 Å². The number of nitrogens with zero attached hydrogens (tertiary/aromatic N) is 2. The number of sulfonamides is 1. The first-order chi connectivity index (χ1) is 19.4. The molecule has 3 rings (SSSR count). The lowest BCUT2D eigenvalue weighted by Gasteiger charge is -2.34. The second-order valence-electron chi connectivity index (χ2n) is 9.84. The van der Waals surface area contributed by atoms with Gasteiger partial charge in [-0.3, -0.25) is 13.9 Å². The van der Waals surface area contributed by atoms with Crippen molar-refractivity contribution in [3.8, 4) is 5.75 Å². The van der Waals surface area contributed by atoms with E-state index in [1.54, 1.807) is 55.5 Å². The van der Waals surface area contributed by atoms with E-state index in [0.717, 1.165) is 9.87 Å². The molecule has 2 amide bonds. The standard InChI is InChI=1S/C30H35Cl2N3O5S/c1-6-28(30(37)33-20(2)3)34(18-25-26(31)11-8-12-27(25)32)29(36)19-35(22-9-7-10-23(17-22)40-5)41(38,39)24-15-13-21(4)14-16-24/h7-17,20,28H,6,18-19H2,1-5H3,(H,33,37)/t28-/m1/s1. The zero-order valence-electron chi connectivity index (χ0n) is 23.7. The number of hydrogen-bond donors (Lipinski definition) is 1. The van der Waals surface area contributed by atoms with Crippen LogP contribution in [0.15, 0.2) is 71.6 Å². The number of carbonyl (C=O) groups is 2. The van der Waals surface area contributed by atoms with E-state index in [9.17, 15) is 18.0 Å². The van der Waals surface area contributed by atoms with Crippen LogP contribution in [0.3, 0.4) is 0 Å². The van der Waals surface area contributed by atoms with Crippen molar-refractivity contribution < 1.29 is 22.7 Å². The van der Waals surface area contributed by atoms with E-state index < -0.39 is 28.5 Å². The molecule has 0 aliphatic carbocycles. The molecule has 11 heteroatoms. The maximum Gasteiger partial charge on any atom is 0.264 e. The highest BCUT2D eigenvalue weighted by Gasteiger charge is 2.34. The predicted molar refractivity (Wildman–Crippen MR) is 163 cm³/mol. The molecule has 41 heavy (non-hydrogen) atoms. The van der Waals surface area contributed by atoms with Crippen LogP contribution in [0.25, 0.3) is 0 Å². The first kappa shape index (κ1) is 32.2. The van der Waals surface area contributed by atoms with Gasteiger partial charge in [-0.25, -0.2) is 8.42 Å². The molecule has 0 radical (unpaired) electrons. The molecular formula is C30H35Cl2N3O5S. The van der Waals surface area contributed by atoms with E-state index in [1.165, 1.54) is 30.2 Å². The van der Waals surface area contributed by atoms with Gasteiger partial charge < -0.3 is 15.0 Å². The molecule has 0 saturated heterocycles. The van der Waals surface area contributed by atoms with Gasteiger partial charge in [0.2, 0.25) is 11.8 Å². The van der Waals surface area contributed by atoms with Gasteiger partial charge in [0.05, 0.1) is 17.7 Å². The Balaban J connectivity index is 2.12. The average Bonchev–Trinajstić information content (AvgIpc) is 2.92. The summed E-state index contributed by atoms with van der Waals surface area (Å²) in [6.07, 6.45) is 0.274. The number of hydrogen-bond acceptors (Lipinski definition) is 5. The van der Waals surface area contributed by atoms with Crippen molar-refractivity contribution in [2.45, 2.75) is 57.6 Å². The van der Waals surface area contributed by atoms with Gasteiger partial charge in [-0.05, 0) is 63.6 Å². The molecule has 0 bridgehead atoms. The van der Waals surface area contributed by atoms with Gasteiger partial charge in [-0.15, -0.1) is 0 Å². The smallest absolute Gasteiger partial charge is 0.264 e. The van der Waals surface area contributed by atoms with Gasteiger partial charge in [0.15, 0.2) is 0 Å². The zero-order chi connectivity index (χ0) is 30.3. The number of halogens is 2. The number of rotatable bonds is 12. The SMILES string of the molecule is CC[C@H](C(=O)NC(C)C)N(Cc1c(Cl)cccc1Cl)C(=O)CN(c1cccc(OC)c1)S(=O)(=O)c1ccc(C)cc1. The summed E-state index contributed by atoms with van der Waals surface area (Å²) in [5.74, 6) is -0.555. The molecule has 0 spiro atoms. The Hall–Kier alpha value is -3.27. The quantitative estimate of drug-likeness (QED) is 0.275. The van der Waals surface area contributed by atoms with Crippen molar-refractivity contribution >= 4 is 50.7 Å². The zero-order valence-corrected chi connectivity index (χ0v) is 26.1. The van der Waals surface area contributed by atoms with Gasteiger partial charge in [-0.1, -0.05) is 60.0 Å². The largest absolute Gasteiger partial charge is 0.497 e. The minimum absolute atomic E-state index is 0.0176. The molecule has 0 aromatic heterocycles. The van der Waals surface area contributed by atoms with Crippen molar-refractivity contribution in [3.05, 3.63) is 87.9 Å². The number of benzene rings is 3. The number of ether oxygens (including phenoxy) is 1. The second kappa shape index (κ2) is 14.1. The summed E-state index contributed by atoms with van der Waals surface area (Å²) in [5.41, 5.74) is 1.57. The Bertz CT molecular complexity index is 1460. The summed E-state index contributed by atoms with van der Waals surface area (Å²) >= 11 is 12.9. The summed E-state index contributed by atoms with van der Waals surface area (Å²) in [4.78, 5) is 28.8. The number of carbonyl (C=O) groups excluding carboxylic acids is 2. The fraction of sp³-hybridized carbons (Fsp3) is 0.333. The van der Waals surface area contributed by atoms with Crippen LogP contribution in [0.2, 0.25) is 10.0 Å². The van der Waals surface area contributed by atoms with E-state index in [1.807, 2.05) is 20.8 Å². The monoisotopic (exact) mass is 619 g/mol. The van der Waals surface area contributed by atoms with E-state index in [4.69, 9.17) is 27.9 Å². The summed E-state index contributed by atoms with van der Waals surface area (Å²) in [6, 6.07) is 16.7. The van der Waals surface area contributed by atoms with Gasteiger partial charge in [0.1, 0.15) is 18.3 Å². The third-order valence-corrected chi connectivity index (χ3v) is 8.93. The Kier molecular flexibility index (Phi) is 11.1. The molecule has 3 aromatic rings. The van der Waals surface area contributed by atoms with Crippen LogP contribution in [-0.2, 0) is 26.2 Å². The first-order valence-electron chi connectivity index (χ1n) is 13.1. The molecule has 0 heterocycles. The Labute approximate surface area is 252 Å². The highest BCUT2D eigenvalue weighted by atomic mass is 35.5. The lowest BCUT2D eigenvalue weighted by molar-refractivity contribution is -0.140. The molecule has 0 saturated carbocycles. The van der Waals surface area contributed by atoms with Crippen LogP contribution in [0.4, 0.5) is 5.69 Å². The molecule has 1 atom stereocenters. The maximum absolute atomic E-state index is 14.2. The fourth-order valence-corrected chi connectivity index (χ4v) is 6.21. The third kappa shape index (κ3) is 7.93. The summed E-state index contributed by atoms with van der Waals surface area (Å²) < 4.78 is 34.3. The number of methoxy groups -OCH3 is 1. The fourth-order valence-electron chi connectivity index (χ4n) is 4.29. The number of amides is 2. The molecule has 0 unspecified atom stereocenters. The van der Waals surface area contributed by atoms with E-state index in [2.05, 4.69) is 5.32 Å². The van der Waals surface area contributed by atoms with Crippen molar-refractivity contribution in [1.29, 1.82) is 0 Å². The lowest BCUT2D eigenvalue weighted by Crippen LogP contribution is -2.53. The minimum atomic E-state index is -4.21. The molecule has 0 aliphatic heterocycles. The van der Waals surface area contributed by atoms with Gasteiger partial charge in [0.25, 0.3) is 10.0 Å². The Morgan fingerprint density at radius 1 is 0.976 bits per heavy atom. The minimum Gasteiger partial charge on any atom is -0.497 e. The molecule has 220 valence electrons. The van der Waals surface area contributed by atoms with Crippen LogP contribution >= 0.6 is 23.2 Å². The normalized spacial score (nSPS) is 12.1. The molecule has 1 N–H and O–H groups in total. The van der Waals surface area contributed by atoms with E-state index in [0.29, 0.717) is 21.4 Å². The van der Waals surface area contributed by atoms with Crippen LogP contribution < -0.4 is 14.4 Å². The van der Waals surface area contributed by atoms with E-state index >= 15 is 0 Å². The van der Waals surface area contributed by atoms with Gasteiger partial charge in [-0.2, -0.15) is 0 Å². The topological polar surface area (TPSA) is 96.0 Å². The highest BCUT2D eigenvalue weighted by Crippen LogP contribution is 2.30. The predicted octanol–water partition coefficient (Wildman–Crippen LogP) is 5.84. The summed E-state index contributed by atoms with van der Waals surface area (Å²) in [5, 5.41) is 3.51.